The molecule has 3 aliphatic rings. The lowest BCUT2D eigenvalue weighted by Gasteiger charge is -2.36. The number of rotatable bonds is 4. The fourth-order valence-corrected chi connectivity index (χ4v) is 4.19. The molecule has 4 heterocycles. The van der Waals surface area contributed by atoms with Crippen molar-refractivity contribution in [2.45, 2.75) is 38.9 Å². The molecule has 2 bridgehead atoms. The Morgan fingerprint density at radius 3 is 2.76 bits per heavy atom. The van der Waals surface area contributed by atoms with E-state index in [0.717, 1.165) is 31.7 Å². The van der Waals surface area contributed by atoms with Crippen LogP contribution in [0.4, 0.5) is 0 Å². The first-order valence-corrected chi connectivity index (χ1v) is 9.22. The molecule has 5 heteroatoms. The quantitative estimate of drug-likeness (QED) is 0.859. The van der Waals surface area contributed by atoms with Crippen LogP contribution in [-0.2, 0) is 17.9 Å². The Labute approximate surface area is 149 Å². The van der Waals surface area contributed by atoms with Crippen LogP contribution in [0.2, 0.25) is 0 Å². The second-order valence-electron chi connectivity index (χ2n) is 7.53. The largest absolute Gasteiger partial charge is 0.339 e. The van der Waals surface area contributed by atoms with E-state index in [0.29, 0.717) is 18.5 Å². The van der Waals surface area contributed by atoms with Crippen molar-refractivity contribution < 1.29 is 4.79 Å². The van der Waals surface area contributed by atoms with Crippen LogP contribution in [0, 0.1) is 12.8 Å². The number of nitrogens with zero attached hydrogens (tertiary/aromatic N) is 4. The van der Waals surface area contributed by atoms with Gasteiger partial charge in [0.15, 0.2) is 0 Å². The third kappa shape index (κ3) is 3.76. The van der Waals surface area contributed by atoms with Crippen LogP contribution in [0.1, 0.15) is 24.0 Å². The average molecular weight is 338 g/mol. The zero-order chi connectivity index (χ0) is 17.2. The summed E-state index contributed by atoms with van der Waals surface area (Å²) >= 11 is 0. The molecule has 0 aliphatic carbocycles. The van der Waals surface area contributed by atoms with Gasteiger partial charge in [0.2, 0.25) is 5.91 Å². The molecule has 132 valence electrons. The normalized spacial score (nSPS) is 23.6. The lowest BCUT2D eigenvalue weighted by atomic mass is 9.94. The van der Waals surface area contributed by atoms with Crippen molar-refractivity contribution in [3.8, 4) is 0 Å². The molecular formula is C20H26N4O. The predicted octanol–water partition coefficient (Wildman–Crippen LogP) is 2.31. The van der Waals surface area contributed by atoms with Crippen LogP contribution in [-0.4, -0.2) is 51.2 Å². The van der Waals surface area contributed by atoms with E-state index in [-0.39, 0.29) is 5.91 Å². The zero-order valence-electron chi connectivity index (χ0n) is 14.8. The lowest BCUT2D eigenvalue weighted by molar-refractivity contribution is -0.132. The summed E-state index contributed by atoms with van der Waals surface area (Å²) in [6, 6.07) is 11.1. The van der Waals surface area contributed by atoms with Gasteiger partial charge in [-0.05, 0) is 36.8 Å². The second-order valence-corrected chi connectivity index (χ2v) is 7.53. The van der Waals surface area contributed by atoms with E-state index in [4.69, 9.17) is 0 Å². The maximum atomic E-state index is 12.8. The highest BCUT2D eigenvalue weighted by molar-refractivity contribution is 5.76. The zero-order valence-corrected chi connectivity index (χ0v) is 14.8. The van der Waals surface area contributed by atoms with Crippen molar-refractivity contribution >= 4 is 5.91 Å². The van der Waals surface area contributed by atoms with Crippen molar-refractivity contribution in [1.82, 2.24) is 19.6 Å². The molecule has 0 unspecified atom stereocenters. The summed E-state index contributed by atoms with van der Waals surface area (Å²) in [5.41, 5.74) is 2.46. The molecule has 0 saturated carbocycles. The summed E-state index contributed by atoms with van der Waals surface area (Å²) < 4.78 is 1.76. The Morgan fingerprint density at radius 1 is 1.16 bits per heavy atom. The molecule has 5 rings (SSSR count). The van der Waals surface area contributed by atoms with Gasteiger partial charge < -0.3 is 4.90 Å². The van der Waals surface area contributed by atoms with E-state index in [1.807, 2.05) is 13.1 Å². The first kappa shape index (κ1) is 16.3. The minimum atomic E-state index is 0.196. The molecule has 1 amide bonds. The molecule has 0 N–H and O–H groups in total. The molecule has 3 fully saturated rings. The van der Waals surface area contributed by atoms with Gasteiger partial charge in [-0.15, -0.1) is 0 Å². The molecular weight excluding hydrogens is 312 g/mol. The van der Waals surface area contributed by atoms with Gasteiger partial charge in [-0.3, -0.25) is 14.4 Å². The van der Waals surface area contributed by atoms with Gasteiger partial charge in [-0.2, -0.15) is 5.10 Å². The minimum Gasteiger partial charge on any atom is -0.339 e. The van der Waals surface area contributed by atoms with Crippen LogP contribution in [0.25, 0.3) is 0 Å². The van der Waals surface area contributed by atoms with Crippen molar-refractivity contribution in [2.75, 3.05) is 19.6 Å². The van der Waals surface area contributed by atoms with Gasteiger partial charge in [0.1, 0.15) is 6.54 Å². The number of hydrogen-bond acceptors (Lipinski definition) is 3. The van der Waals surface area contributed by atoms with Crippen molar-refractivity contribution in [3.63, 3.8) is 0 Å². The maximum Gasteiger partial charge on any atom is 0.244 e. The number of hydrogen-bond donors (Lipinski definition) is 0. The van der Waals surface area contributed by atoms with E-state index in [1.54, 1.807) is 10.9 Å². The summed E-state index contributed by atoms with van der Waals surface area (Å²) in [5, 5.41) is 4.26. The fourth-order valence-electron chi connectivity index (χ4n) is 4.19. The highest BCUT2D eigenvalue weighted by atomic mass is 16.2. The smallest absolute Gasteiger partial charge is 0.244 e. The van der Waals surface area contributed by atoms with Crippen LogP contribution in [0.3, 0.4) is 0 Å². The number of aryl methyl sites for hydroxylation is 1. The highest BCUT2D eigenvalue weighted by Gasteiger charge is 2.36. The summed E-state index contributed by atoms with van der Waals surface area (Å²) in [6.07, 6.45) is 6.18. The van der Waals surface area contributed by atoms with E-state index in [2.05, 4.69) is 45.2 Å². The molecule has 0 spiro atoms. The minimum absolute atomic E-state index is 0.196. The topological polar surface area (TPSA) is 41.4 Å². The van der Waals surface area contributed by atoms with Gasteiger partial charge in [-0.1, -0.05) is 30.3 Å². The van der Waals surface area contributed by atoms with Gasteiger partial charge >= 0.3 is 0 Å². The van der Waals surface area contributed by atoms with Crippen molar-refractivity contribution in [3.05, 3.63) is 53.9 Å². The monoisotopic (exact) mass is 338 g/mol. The fraction of sp³-hybridized carbons (Fsp3) is 0.500. The first-order valence-electron chi connectivity index (χ1n) is 9.22. The maximum absolute atomic E-state index is 12.8. The third-order valence-electron chi connectivity index (χ3n) is 5.47. The predicted molar refractivity (Wildman–Crippen MR) is 96.9 cm³/mol. The summed E-state index contributed by atoms with van der Waals surface area (Å²) in [6.45, 7) is 6.18. The Balaban J connectivity index is 1.42. The summed E-state index contributed by atoms with van der Waals surface area (Å²) in [5.74, 6) is 0.785. The molecule has 25 heavy (non-hydrogen) atoms. The lowest BCUT2D eigenvalue weighted by Crippen LogP contribution is -2.44. The number of amides is 1. The van der Waals surface area contributed by atoms with Crippen LogP contribution < -0.4 is 0 Å². The molecule has 5 nitrogen and oxygen atoms in total. The van der Waals surface area contributed by atoms with E-state index >= 15 is 0 Å². The summed E-state index contributed by atoms with van der Waals surface area (Å²) in [4.78, 5) is 17.4. The second kappa shape index (κ2) is 7.00. The first-order chi connectivity index (χ1) is 12.2. The Bertz CT molecular complexity index is 726. The average Bonchev–Trinajstić information content (AvgIpc) is 2.83. The molecule has 3 aliphatic heterocycles. The van der Waals surface area contributed by atoms with Crippen LogP contribution >= 0.6 is 0 Å². The van der Waals surface area contributed by atoms with Gasteiger partial charge in [-0.25, -0.2) is 0 Å². The van der Waals surface area contributed by atoms with E-state index in [9.17, 15) is 4.79 Å². The Hall–Kier alpha value is -2.14. The van der Waals surface area contributed by atoms with Gasteiger partial charge in [0, 0.05) is 38.4 Å². The molecule has 0 radical (unpaired) electrons. The Morgan fingerprint density at radius 2 is 2.00 bits per heavy atom. The van der Waals surface area contributed by atoms with Crippen molar-refractivity contribution in [2.24, 2.45) is 5.92 Å². The van der Waals surface area contributed by atoms with Gasteiger partial charge in [0.25, 0.3) is 0 Å². The number of fused-ring (bicyclic) bond motifs is 4. The molecule has 1 aromatic carbocycles. The number of carbonyl (C=O) groups excluding carboxylic acids is 1. The Kier molecular flexibility index (Phi) is 4.57. The van der Waals surface area contributed by atoms with Crippen LogP contribution in [0.15, 0.2) is 42.7 Å². The molecule has 2 aromatic rings. The van der Waals surface area contributed by atoms with E-state index < -0.39 is 0 Å². The standard InChI is InChI=1S/C20H26N4O/c1-16-9-21-24(10-16)15-20(25)23-13-18-7-8-19(14-23)22(12-18)11-17-5-3-2-4-6-17/h2-6,9-10,18-19H,7-8,11-15H2,1H3/t18-,19-/m0/s1. The number of benzene rings is 1. The highest BCUT2D eigenvalue weighted by Crippen LogP contribution is 2.29. The molecule has 2 atom stereocenters. The molecule has 1 aromatic heterocycles. The third-order valence-corrected chi connectivity index (χ3v) is 5.47. The number of carbonyl (C=O) groups is 1. The number of piperidine rings is 1. The van der Waals surface area contributed by atoms with Crippen molar-refractivity contribution in [1.29, 1.82) is 0 Å². The molecule has 3 saturated heterocycles. The SMILES string of the molecule is Cc1cnn(CC(=O)N2C[C@H]3CC[C@@H](C2)N(Cc2ccccc2)C3)c1. The van der Waals surface area contributed by atoms with Crippen LogP contribution in [0.5, 0.6) is 0 Å². The summed E-state index contributed by atoms with van der Waals surface area (Å²) in [7, 11) is 0. The number of aromatic nitrogens is 2. The van der Waals surface area contributed by atoms with Gasteiger partial charge in [0.05, 0.1) is 6.20 Å². The van der Waals surface area contributed by atoms with E-state index in [1.165, 1.54) is 18.4 Å².